The van der Waals surface area contributed by atoms with E-state index < -0.39 is 0 Å². The average Bonchev–Trinajstić information content (AvgIpc) is 2.16. The summed E-state index contributed by atoms with van der Waals surface area (Å²) in [5, 5.41) is 0. The molecule has 2 atom stereocenters. The third-order valence-corrected chi connectivity index (χ3v) is 2.85. The maximum Gasteiger partial charge on any atom is 0.333 e. The Morgan fingerprint density at radius 2 is 2.38 bits per heavy atom. The van der Waals surface area contributed by atoms with Gasteiger partial charge in [-0.25, -0.2) is 4.79 Å². The number of carbonyl (C=O) groups is 1. The van der Waals surface area contributed by atoms with Gasteiger partial charge in [-0.3, -0.25) is 0 Å². The Kier molecular flexibility index (Phi) is 3.52. The van der Waals surface area contributed by atoms with Crippen molar-refractivity contribution in [3.8, 4) is 0 Å². The maximum absolute atomic E-state index is 11.4. The lowest BCUT2D eigenvalue weighted by atomic mass is 9.93. The van der Waals surface area contributed by atoms with Gasteiger partial charge < -0.3 is 4.74 Å². The van der Waals surface area contributed by atoms with E-state index in [0.29, 0.717) is 5.92 Å². The van der Waals surface area contributed by atoms with Gasteiger partial charge >= 0.3 is 5.97 Å². The second kappa shape index (κ2) is 4.45. The predicted octanol–water partition coefficient (Wildman–Crippen LogP) is 2.68. The number of allylic oxidation sites excluding steroid dienone is 1. The Morgan fingerprint density at radius 1 is 1.69 bits per heavy atom. The standard InChI is InChI=1S/C11H18O2/c1-4-8(3)10-7-6-9(5-2)11(12)13-10/h5,8,10H,4,6-7H2,1-3H3/b9-5+. The zero-order chi connectivity index (χ0) is 9.84. The number of hydrogen-bond acceptors (Lipinski definition) is 2. The quantitative estimate of drug-likeness (QED) is 0.485. The first kappa shape index (κ1) is 10.3. The maximum atomic E-state index is 11.4. The minimum atomic E-state index is -0.112. The Hall–Kier alpha value is -0.790. The van der Waals surface area contributed by atoms with Crippen LogP contribution in [-0.2, 0) is 9.53 Å². The lowest BCUT2D eigenvalue weighted by Crippen LogP contribution is -2.30. The second-order valence-electron chi connectivity index (χ2n) is 3.68. The van der Waals surface area contributed by atoms with Gasteiger partial charge in [0.2, 0.25) is 0 Å². The zero-order valence-corrected chi connectivity index (χ0v) is 8.67. The summed E-state index contributed by atoms with van der Waals surface area (Å²) in [6.07, 6.45) is 4.93. The molecule has 0 aromatic carbocycles. The summed E-state index contributed by atoms with van der Waals surface area (Å²) in [5.74, 6) is 0.376. The van der Waals surface area contributed by atoms with E-state index in [1.807, 2.05) is 13.0 Å². The van der Waals surface area contributed by atoms with Gasteiger partial charge in [0, 0.05) is 5.57 Å². The average molecular weight is 182 g/mol. The van der Waals surface area contributed by atoms with Crippen molar-refractivity contribution in [2.24, 2.45) is 5.92 Å². The molecule has 1 rings (SSSR count). The van der Waals surface area contributed by atoms with E-state index in [9.17, 15) is 4.79 Å². The van der Waals surface area contributed by atoms with Crippen LogP contribution in [0.15, 0.2) is 11.6 Å². The fourth-order valence-corrected chi connectivity index (χ4v) is 1.60. The summed E-state index contributed by atoms with van der Waals surface area (Å²) in [7, 11) is 0. The van der Waals surface area contributed by atoms with Gasteiger partial charge in [-0.1, -0.05) is 26.3 Å². The summed E-state index contributed by atoms with van der Waals surface area (Å²) in [5.41, 5.74) is 0.833. The molecule has 2 heteroatoms. The number of esters is 1. The smallest absolute Gasteiger partial charge is 0.333 e. The molecule has 0 aromatic heterocycles. The minimum Gasteiger partial charge on any atom is -0.459 e. The van der Waals surface area contributed by atoms with Gasteiger partial charge in [0.15, 0.2) is 0 Å². The molecule has 0 saturated carbocycles. The monoisotopic (exact) mass is 182 g/mol. The third kappa shape index (κ3) is 2.33. The van der Waals surface area contributed by atoms with Crippen LogP contribution in [0.3, 0.4) is 0 Å². The first-order chi connectivity index (χ1) is 6.19. The van der Waals surface area contributed by atoms with Gasteiger partial charge in [0.1, 0.15) is 6.10 Å². The van der Waals surface area contributed by atoms with Crippen LogP contribution in [-0.4, -0.2) is 12.1 Å². The molecule has 0 aliphatic carbocycles. The molecule has 0 radical (unpaired) electrons. The van der Waals surface area contributed by atoms with Crippen molar-refractivity contribution in [1.82, 2.24) is 0 Å². The molecule has 1 saturated heterocycles. The molecule has 13 heavy (non-hydrogen) atoms. The molecular weight excluding hydrogens is 164 g/mol. The van der Waals surface area contributed by atoms with Gasteiger partial charge in [-0.15, -0.1) is 0 Å². The van der Waals surface area contributed by atoms with E-state index >= 15 is 0 Å². The van der Waals surface area contributed by atoms with E-state index in [-0.39, 0.29) is 12.1 Å². The summed E-state index contributed by atoms with van der Waals surface area (Å²) >= 11 is 0. The summed E-state index contributed by atoms with van der Waals surface area (Å²) < 4.78 is 5.34. The lowest BCUT2D eigenvalue weighted by Gasteiger charge is -2.28. The Labute approximate surface area is 80.0 Å². The van der Waals surface area contributed by atoms with Gasteiger partial charge in [0.25, 0.3) is 0 Å². The number of hydrogen-bond donors (Lipinski definition) is 0. The molecule has 1 heterocycles. The lowest BCUT2D eigenvalue weighted by molar-refractivity contribution is -0.150. The molecule has 0 spiro atoms. The van der Waals surface area contributed by atoms with Crippen molar-refractivity contribution < 1.29 is 9.53 Å². The Morgan fingerprint density at radius 3 is 2.85 bits per heavy atom. The number of carbonyl (C=O) groups excluding carboxylic acids is 1. The highest BCUT2D eigenvalue weighted by Gasteiger charge is 2.27. The SMILES string of the molecule is C/C=C1\CCC(C(C)CC)OC1=O. The Bertz CT molecular complexity index is 218. The molecule has 1 fully saturated rings. The number of cyclic esters (lactones) is 1. The highest BCUT2D eigenvalue weighted by Crippen LogP contribution is 2.25. The van der Waals surface area contributed by atoms with Crippen molar-refractivity contribution in [1.29, 1.82) is 0 Å². The first-order valence-electron chi connectivity index (χ1n) is 5.05. The predicted molar refractivity (Wildman–Crippen MR) is 52.3 cm³/mol. The van der Waals surface area contributed by atoms with Crippen molar-refractivity contribution in [2.45, 2.75) is 46.1 Å². The molecule has 0 aromatic rings. The van der Waals surface area contributed by atoms with E-state index in [1.54, 1.807) is 0 Å². The van der Waals surface area contributed by atoms with E-state index in [2.05, 4.69) is 13.8 Å². The number of rotatable bonds is 2. The molecule has 0 N–H and O–H groups in total. The van der Waals surface area contributed by atoms with Crippen molar-refractivity contribution >= 4 is 5.97 Å². The molecule has 0 amide bonds. The zero-order valence-electron chi connectivity index (χ0n) is 8.67. The topological polar surface area (TPSA) is 26.3 Å². The summed E-state index contributed by atoms with van der Waals surface area (Å²) in [6, 6.07) is 0. The van der Waals surface area contributed by atoms with E-state index in [1.165, 1.54) is 0 Å². The first-order valence-corrected chi connectivity index (χ1v) is 5.05. The van der Waals surface area contributed by atoms with Crippen molar-refractivity contribution in [2.75, 3.05) is 0 Å². The van der Waals surface area contributed by atoms with E-state index in [0.717, 1.165) is 24.8 Å². The largest absolute Gasteiger partial charge is 0.459 e. The van der Waals surface area contributed by atoms with Crippen LogP contribution < -0.4 is 0 Å². The normalized spacial score (nSPS) is 28.7. The fourth-order valence-electron chi connectivity index (χ4n) is 1.60. The molecule has 1 aliphatic heterocycles. The Balaban J connectivity index is 2.55. The molecule has 2 nitrogen and oxygen atoms in total. The molecular formula is C11H18O2. The second-order valence-corrected chi connectivity index (χ2v) is 3.68. The van der Waals surface area contributed by atoms with Crippen molar-refractivity contribution in [3.05, 3.63) is 11.6 Å². The van der Waals surface area contributed by atoms with Crippen LogP contribution in [0, 0.1) is 5.92 Å². The molecule has 1 aliphatic rings. The van der Waals surface area contributed by atoms with Crippen LogP contribution in [0.1, 0.15) is 40.0 Å². The van der Waals surface area contributed by atoms with Crippen LogP contribution in [0.5, 0.6) is 0 Å². The minimum absolute atomic E-state index is 0.112. The molecule has 2 unspecified atom stereocenters. The fraction of sp³-hybridized carbons (Fsp3) is 0.727. The third-order valence-electron chi connectivity index (χ3n) is 2.85. The van der Waals surface area contributed by atoms with Crippen LogP contribution >= 0.6 is 0 Å². The highest BCUT2D eigenvalue weighted by molar-refractivity contribution is 5.89. The highest BCUT2D eigenvalue weighted by atomic mass is 16.5. The van der Waals surface area contributed by atoms with Crippen LogP contribution in [0.4, 0.5) is 0 Å². The van der Waals surface area contributed by atoms with Gasteiger partial charge in [-0.05, 0) is 25.7 Å². The van der Waals surface area contributed by atoms with E-state index in [4.69, 9.17) is 4.74 Å². The van der Waals surface area contributed by atoms with Gasteiger partial charge in [0.05, 0.1) is 0 Å². The molecule has 74 valence electrons. The van der Waals surface area contributed by atoms with Crippen molar-refractivity contribution in [3.63, 3.8) is 0 Å². The number of ether oxygens (including phenoxy) is 1. The van der Waals surface area contributed by atoms with Crippen LogP contribution in [0.2, 0.25) is 0 Å². The summed E-state index contributed by atoms with van der Waals surface area (Å²) in [6.45, 7) is 6.16. The van der Waals surface area contributed by atoms with Crippen LogP contribution in [0.25, 0.3) is 0 Å². The summed E-state index contributed by atoms with van der Waals surface area (Å²) in [4.78, 5) is 11.4. The molecule has 0 bridgehead atoms. The van der Waals surface area contributed by atoms with Gasteiger partial charge in [-0.2, -0.15) is 0 Å².